The van der Waals surface area contributed by atoms with Gasteiger partial charge in [0, 0.05) is 46.3 Å². The van der Waals surface area contributed by atoms with Crippen LogP contribution in [0.4, 0.5) is 13.2 Å². The highest BCUT2D eigenvalue weighted by Crippen LogP contribution is 2.15. The lowest BCUT2D eigenvalue weighted by Crippen LogP contribution is -2.55. The normalized spacial score (nSPS) is 15.9. The maximum Gasteiger partial charge on any atom is 0.406 e. The Morgan fingerprint density at radius 2 is 1.75 bits per heavy atom. The van der Waals surface area contributed by atoms with Gasteiger partial charge in [-0.25, -0.2) is 0 Å². The summed E-state index contributed by atoms with van der Waals surface area (Å²) in [5.41, 5.74) is 0. The molecule has 0 unspecified atom stereocenters. The first-order valence-electron chi connectivity index (χ1n) is 8.80. The third-order valence-corrected chi connectivity index (χ3v) is 3.94. The third-order valence-electron chi connectivity index (χ3n) is 3.94. The zero-order chi connectivity index (χ0) is 20.6. The van der Waals surface area contributed by atoms with Gasteiger partial charge in [0.1, 0.15) is 6.54 Å². The van der Waals surface area contributed by atoms with Gasteiger partial charge in [-0.1, -0.05) is 0 Å². The van der Waals surface area contributed by atoms with E-state index in [1.165, 1.54) is 0 Å². The van der Waals surface area contributed by atoms with E-state index >= 15 is 0 Å². The van der Waals surface area contributed by atoms with Crippen molar-refractivity contribution in [2.24, 2.45) is 4.99 Å². The largest absolute Gasteiger partial charge is 0.406 e. The fourth-order valence-electron chi connectivity index (χ4n) is 2.67. The summed E-state index contributed by atoms with van der Waals surface area (Å²) in [4.78, 5) is 32.3. The number of likely N-dealkylation sites (N-methyl/N-ethyl adjacent to an activating group) is 1. The zero-order valence-corrected chi connectivity index (χ0v) is 19.0. The average molecular weight is 522 g/mol. The highest BCUT2D eigenvalue weighted by atomic mass is 127. The molecule has 2 N–H and O–H groups in total. The molecule has 0 atom stereocenters. The quantitative estimate of drug-likeness (QED) is 0.299. The van der Waals surface area contributed by atoms with E-state index in [1.807, 2.05) is 23.6 Å². The zero-order valence-electron chi connectivity index (χ0n) is 16.7. The maximum atomic E-state index is 12.3. The van der Waals surface area contributed by atoms with E-state index in [-0.39, 0.29) is 42.5 Å². The Morgan fingerprint density at radius 1 is 1.18 bits per heavy atom. The van der Waals surface area contributed by atoms with Gasteiger partial charge in [-0.2, -0.15) is 13.2 Å². The Morgan fingerprint density at radius 3 is 2.21 bits per heavy atom. The molecule has 1 aliphatic rings. The first-order valence-corrected chi connectivity index (χ1v) is 8.80. The summed E-state index contributed by atoms with van der Waals surface area (Å²) >= 11 is 0. The van der Waals surface area contributed by atoms with Crippen molar-refractivity contribution in [2.45, 2.75) is 26.1 Å². The Labute approximate surface area is 180 Å². The van der Waals surface area contributed by atoms with Gasteiger partial charge in [0.25, 0.3) is 0 Å². The van der Waals surface area contributed by atoms with Crippen molar-refractivity contribution in [2.75, 3.05) is 59.9 Å². The lowest BCUT2D eigenvalue weighted by Gasteiger charge is -2.36. The number of carbonyl (C=O) groups is 2. The van der Waals surface area contributed by atoms with Crippen molar-refractivity contribution in [3.05, 3.63) is 0 Å². The minimum Gasteiger partial charge on any atom is -0.353 e. The standard InChI is InChI=1S/C16H29F3N6O2.HI/c1-12(2)22-13(26)10-24-5-7-25(8-6-24)15(20-3)21-9-14(27)23(4)11-16(17,18)19;/h12H,5-11H2,1-4H3,(H,20,21)(H,22,26);1H. The Bertz CT molecular complexity index is 537. The molecule has 2 amide bonds. The molecule has 0 aromatic rings. The van der Waals surface area contributed by atoms with Crippen LogP contribution in [-0.4, -0.2) is 105 Å². The predicted molar refractivity (Wildman–Crippen MR) is 112 cm³/mol. The smallest absolute Gasteiger partial charge is 0.353 e. The van der Waals surface area contributed by atoms with E-state index in [9.17, 15) is 22.8 Å². The number of aliphatic imine (C=N–C) groups is 1. The summed E-state index contributed by atoms with van der Waals surface area (Å²) in [7, 11) is 2.66. The summed E-state index contributed by atoms with van der Waals surface area (Å²) in [6, 6.07) is 0.0924. The minimum absolute atomic E-state index is 0. The summed E-state index contributed by atoms with van der Waals surface area (Å²) in [6.45, 7) is 5.06. The number of alkyl halides is 3. The Hall–Kier alpha value is -1.31. The average Bonchev–Trinajstić information content (AvgIpc) is 2.54. The molecule has 0 saturated carbocycles. The molecule has 1 aliphatic heterocycles. The molecule has 0 radical (unpaired) electrons. The van der Waals surface area contributed by atoms with Crippen molar-refractivity contribution < 1.29 is 22.8 Å². The molecule has 28 heavy (non-hydrogen) atoms. The molecule has 0 aromatic carbocycles. The molecule has 0 aromatic heterocycles. The number of piperazine rings is 1. The number of nitrogens with zero attached hydrogens (tertiary/aromatic N) is 4. The van der Waals surface area contributed by atoms with Crippen LogP contribution in [0.5, 0.6) is 0 Å². The lowest BCUT2D eigenvalue weighted by atomic mass is 10.3. The second-order valence-electron chi connectivity index (χ2n) is 6.75. The van der Waals surface area contributed by atoms with Crippen molar-refractivity contribution in [1.82, 2.24) is 25.3 Å². The molecule has 0 spiro atoms. The van der Waals surface area contributed by atoms with E-state index in [2.05, 4.69) is 15.6 Å². The summed E-state index contributed by atoms with van der Waals surface area (Å²) in [5, 5.41) is 5.65. The van der Waals surface area contributed by atoms with Crippen LogP contribution in [0, 0.1) is 0 Å². The predicted octanol–water partition coefficient (Wildman–Crippen LogP) is 0.343. The molecule has 1 saturated heterocycles. The van der Waals surface area contributed by atoms with Crippen LogP contribution in [0.1, 0.15) is 13.8 Å². The maximum absolute atomic E-state index is 12.3. The molecule has 1 rings (SSSR count). The number of rotatable bonds is 6. The van der Waals surface area contributed by atoms with Crippen LogP contribution in [0.25, 0.3) is 0 Å². The van der Waals surface area contributed by atoms with Gasteiger partial charge in [0.05, 0.1) is 13.1 Å². The second-order valence-corrected chi connectivity index (χ2v) is 6.75. The van der Waals surface area contributed by atoms with E-state index in [1.54, 1.807) is 7.05 Å². The fraction of sp³-hybridized carbons (Fsp3) is 0.812. The molecule has 8 nitrogen and oxygen atoms in total. The van der Waals surface area contributed by atoms with Gasteiger partial charge < -0.3 is 20.4 Å². The number of halogens is 4. The SMILES string of the molecule is CN=C(NCC(=O)N(C)CC(F)(F)F)N1CCN(CC(=O)NC(C)C)CC1.I. The number of hydrogen-bond acceptors (Lipinski definition) is 4. The van der Waals surface area contributed by atoms with Crippen molar-refractivity contribution in [1.29, 1.82) is 0 Å². The summed E-state index contributed by atoms with van der Waals surface area (Å²) in [6.07, 6.45) is -4.43. The van der Waals surface area contributed by atoms with Gasteiger partial charge >= 0.3 is 6.18 Å². The van der Waals surface area contributed by atoms with E-state index < -0.39 is 18.6 Å². The first kappa shape index (κ1) is 26.7. The van der Waals surface area contributed by atoms with E-state index in [0.29, 0.717) is 43.6 Å². The van der Waals surface area contributed by atoms with Crippen LogP contribution >= 0.6 is 24.0 Å². The fourth-order valence-corrected chi connectivity index (χ4v) is 2.67. The van der Waals surface area contributed by atoms with Gasteiger partial charge in [0.15, 0.2) is 5.96 Å². The minimum atomic E-state index is -4.43. The Kier molecular flexibility index (Phi) is 11.7. The molecular weight excluding hydrogens is 492 g/mol. The number of guanidine groups is 1. The van der Waals surface area contributed by atoms with Gasteiger partial charge in [0.2, 0.25) is 11.8 Å². The molecule has 164 valence electrons. The monoisotopic (exact) mass is 522 g/mol. The molecule has 1 fully saturated rings. The topological polar surface area (TPSA) is 80.3 Å². The second kappa shape index (κ2) is 12.3. The van der Waals surface area contributed by atoms with Gasteiger partial charge in [-0.15, -0.1) is 24.0 Å². The lowest BCUT2D eigenvalue weighted by molar-refractivity contribution is -0.157. The highest BCUT2D eigenvalue weighted by molar-refractivity contribution is 14.0. The molecule has 12 heteroatoms. The van der Waals surface area contributed by atoms with Crippen LogP contribution < -0.4 is 10.6 Å². The van der Waals surface area contributed by atoms with E-state index in [0.717, 1.165) is 7.05 Å². The number of nitrogens with one attached hydrogen (secondary N) is 2. The molecule has 1 heterocycles. The van der Waals surface area contributed by atoms with Gasteiger partial charge in [-0.05, 0) is 13.8 Å². The van der Waals surface area contributed by atoms with E-state index in [4.69, 9.17) is 0 Å². The highest BCUT2D eigenvalue weighted by Gasteiger charge is 2.31. The summed E-state index contributed by atoms with van der Waals surface area (Å²) in [5.74, 6) is -0.244. The van der Waals surface area contributed by atoms with Gasteiger partial charge in [-0.3, -0.25) is 19.5 Å². The number of carbonyl (C=O) groups excluding carboxylic acids is 2. The summed E-state index contributed by atoms with van der Waals surface area (Å²) < 4.78 is 37.0. The van der Waals surface area contributed by atoms with Crippen LogP contribution in [0.15, 0.2) is 4.99 Å². The van der Waals surface area contributed by atoms with Crippen LogP contribution in [-0.2, 0) is 9.59 Å². The van der Waals surface area contributed by atoms with Crippen LogP contribution in [0.2, 0.25) is 0 Å². The van der Waals surface area contributed by atoms with Crippen LogP contribution in [0.3, 0.4) is 0 Å². The molecule has 0 bridgehead atoms. The number of amides is 2. The van der Waals surface area contributed by atoms with Crippen molar-refractivity contribution in [3.8, 4) is 0 Å². The van der Waals surface area contributed by atoms with Crippen molar-refractivity contribution >= 4 is 41.8 Å². The number of hydrogen-bond donors (Lipinski definition) is 2. The molecule has 0 aliphatic carbocycles. The first-order chi connectivity index (χ1) is 12.5. The Balaban J connectivity index is 0.00000729. The third kappa shape index (κ3) is 10.3. The molecular formula is C16H30F3IN6O2. The van der Waals surface area contributed by atoms with Crippen molar-refractivity contribution in [3.63, 3.8) is 0 Å².